The van der Waals surface area contributed by atoms with Gasteiger partial charge in [-0.25, -0.2) is 9.59 Å². The molecule has 11 heteroatoms. The molecule has 0 saturated heterocycles. The maximum Gasteiger partial charge on any atom is 0.345 e. The fraction of sp³-hybridized carbons (Fsp3) is 0.135. The summed E-state index contributed by atoms with van der Waals surface area (Å²) in [5.41, 5.74) is 2.31. The van der Waals surface area contributed by atoms with E-state index in [0.717, 1.165) is 11.5 Å². The predicted octanol–water partition coefficient (Wildman–Crippen LogP) is 6.87. The molecule has 1 unspecified atom stereocenters. The number of para-hydroxylation sites is 3. The van der Waals surface area contributed by atoms with Crippen LogP contribution in [0.2, 0.25) is 0 Å². The van der Waals surface area contributed by atoms with Crippen molar-refractivity contribution < 1.29 is 53.3 Å². The number of hydrogen-bond acceptors (Lipinski definition) is 10. The zero-order valence-corrected chi connectivity index (χ0v) is 26.0. The average Bonchev–Trinajstić information content (AvgIpc) is 3.12. The Morgan fingerprint density at radius 2 is 1.21 bits per heavy atom. The smallest absolute Gasteiger partial charge is 0.345 e. The lowest BCUT2D eigenvalue weighted by atomic mass is 9.99. The molecule has 2 aliphatic heterocycles. The molecule has 0 radical (unpaired) electrons. The van der Waals surface area contributed by atoms with E-state index in [2.05, 4.69) is 0 Å². The van der Waals surface area contributed by atoms with Crippen LogP contribution in [0.15, 0.2) is 109 Å². The molecular weight excluding hydrogens is 620 g/mol. The number of benzene rings is 5. The maximum atomic E-state index is 11.9. The van der Waals surface area contributed by atoms with Gasteiger partial charge in [0.1, 0.15) is 24.5 Å². The summed E-state index contributed by atoms with van der Waals surface area (Å²) in [5, 5.41) is 28.6. The highest BCUT2D eigenvalue weighted by Gasteiger charge is 2.29. The maximum absolute atomic E-state index is 11.9. The molecule has 0 spiro atoms. The molecule has 0 saturated carbocycles. The number of carbonyl (C=O) groups is 2. The molecule has 3 N–H and O–H groups in total. The Morgan fingerprint density at radius 3 is 1.79 bits per heavy atom. The molecule has 7 rings (SSSR count). The fourth-order valence-corrected chi connectivity index (χ4v) is 4.80. The fourth-order valence-electron chi connectivity index (χ4n) is 4.80. The van der Waals surface area contributed by atoms with Crippen molar-refractivity contribution in [2.45, 2.75) is 6.29 Å². The highest BCUT2D eigenvalue weighted by molar-refractivity contribution is 5.96. The Balaban J connectivity index is 0.000000148. The summed E-state index contributed by atoms with van der Waals surface area (Å²) < 4.78 is 31.3. The number of phenolic OH excluding ortho intramolecular Hbond substituents is 2. The normalized spacial score (nSPS) is 13.9. The average molecular weight is 653 g/mol. The second kappa shape index (κ2) is 15.3. The third-order valence-corrected chi connectivity index (χ3v) is 7.13. The number of aromatic hydroxyl groups is 2. The first-order valence-corrected chi connectivity index (χ1v) is 14.7. The van der Waals surface area contributed by atoms with E-state index in [1.165, 1.54) is 32.4 Å². The van der Waals surface area contributed by atoms with E-state index in [9.17, 15) is 19.8 Å². The third kappa shape index (κ3) is 7.71. The number of fused-ring (bicyclic) bond motifs is 2. The van der Waals surface area contributed by atoms with Gasteiger partial charge in [0.05, 0.1) is 19.8 Å². The largest absolute Gasteiger partial charge is 0.504 e. The van der Waals surface area contributed by atoms with E-state index in [1.807, 2.05) is 24.3 Å². The molecule has 5 aromatic rings. The van der Waals surface area contributed by atoms with Crippen molar-refractivity contribution in [3.63, 3.8) is 0 Å². The highest BCUT2D eigenvalue weighted by Crippen LogP contribution is 2.36. The van der Waals surface area contributed by atoms with Crippen molar-refractivity contribution in [1.29, 1.82) is 0 Å². The molecule has 0 aromatic heterocycles. The molecule has 2 aliphatic rings. The standard InChI is InChI=1S/C15H12O5.C14H12O4.C8H8O2/c1-18-13-7-6-9(8-11(13)16)15-19-12-5-3-2-4-10(12)14(17)20-15;1-18-13-7-6-9(8-12(13)15)10-4-2-3-5-11(10)14(16)17;1-2-4-8-7(3-1)9-5-6-10-8/h2-8,15-16H,1H3;2-8,15H,1H3,(H,16,17);1-4H,5-6H2. The number of methoxy groups -OCH3 is 2. The number of aromatic carboxylic acids is 1. The van der Waals surface area contributed by atoms with Crippen molar-refractivity contribution in [3.05, 3.63) is 126 Å². The van der Waals surface area contributed by atoms with Gasteiger partial charge in [0.2, 0.25) is 0 Å². The van der Waals surface area contributed by atoms with E-state index in [-0.39, 0.29) is 17.1 Å². The van der Waals surface area contributed by atoms with Crippen LogP contribution in [0.3, 0.4) is 0 Å². The van der Waals surface area contributed by atoms with Gasteiger partial charge in [0.15, 0.2) is 34.5 Å². The number of carbonyl (C=O) groups excluding carboxylic acids is 1. The van der Waals surface area contributed by atoms with Crippen molar-refractivity contribution in [3.8, 4) is 51.4 Å². The van der Waals surface area contributed by atoms with Crippen molar-refractivity contribution in [1.82, 2.24) is 0 Å². The second-order valence-corrected chi connectivity index (χ2v) is 10.2. The summed E-state index contributed by atoms with van der Waals surface area (Å²) in [7, 11) is 2.92. The summed E-state index contributed by atoms with van der Waals surface area (Å²) in [4.78, 5) is 23.0. The van der Waals surface area contributed by atoms with Crippen LogP contribution < -0.4 is 23.7 Å². The van der Waals surface area contributed by atoms with E-state index in [4.69, 9.17) is 33.5 Å². The lowest BCUT2D eigenvalue weighted by Gasteiger charge is -2.25. The molecule has 5 aromatic carbocycles. The topological polar surface area (TPSA) is 150 Å². The zero-order valence-electron chi connectivity index (χ0n) is 26.0. The molecule has 0 aliphatic carbocycles. The molecule has 48 heavy (non-hydrogen) atoms. The Hall–Kier alpha value is -6.36. The number of cyclic esters (lactones) is 1. The van der Waals surface area contributed by atoms with Gasteiger partial charge in [-0.3, -0.25) is 0 Å². The van der Waals surface area contributed by atoms with Gasteiger partial charge in [-0.2, -0.15) is 0 Å². The number of hydrogen-bond donors (Lipinski definition) is 3. The van der Waals surface area contributed by atoms with Gasteiger partial charge >= 0.3 is 11.9 Å². The van der Waals surface area contributed by atoms with Gasteiger partial charge in [-0.05, 0) is 71.8 Å². The highest BCUT2D eigenvalue weighted by atomic mass is 16.7. The van der Waals surface area contributed by atoms with Crippen LogP contribution >= 0.6 is 0 Å². The molecule has 0 fully saturated rings. The van der Waals surface area contributed by atoms with Crippen LogP contribution in [-0.4, -0.2) is 54.7 Å². The lowest BCUT2D eigenvalue weighted by molar-refractivity contribution is -0.0625. The van der Waals surface area contributed by atoms with Crippen LogP contribution in [0.5, 0.6) is 40.2 Å². The SMILES string of the molecule is COc1ccc(-c2ccccc2C(=O)O)cc1O.COc1ccc(C2OC(=O)c3ccccc3O2)cc1O.c1ccc2c(c1)OCCO2. The van der Waals surface area contributed by atoms with E-state index < -0.39 is 18.2 Å². The van der Waals surface area contributed by atoms with Gasteiger partial charge in [0.25, 0.3) is 6.29 Å². The summed E-state index contributed by atoms with van der Waals surface area (Å²) >= 11 is 0. The van der Waals surface area contributed by atoms with Crippen LogP contribution in [0.25, 0.3) is 11.1 Å². The van der Waals surface area contributed by atoms with Gasteiger partial charge in [-0.1, -0.05) is 48.5 Å². The molecule has 2 heterocycles. The van der Waals surface area contributed by atoms with E-state index in [0.29, 0.717) is 52.7 Å². The minimum Gasteiger partial charge on any atom is -0.504 e. The minimum absolute atomic E-state index is 0.0183. The van der Waals surface area contributed by atoms with Crippen molar-refractivity contribution in [2.75, 3.05) is 27.4 Å². The Labute approximate surface area is 276 Å². The summed E-state index contributed by atoms with van der Waals surface area (Å²) in [6.07, 6.45) is -0.880. The Kier molecular flexibility index (Phi) is 10.5. The van der Waals surface area contributed by atoms with Gasteiger partial charge < -0.3 is 43.7 Å². The van der Waals surface area contributed by atoms with Crippen molar-refractivity contribution >= 4 is 11.9 Å². The quantitative estimate of drug-likeness (QED) is 0.171. The lowest BCUT2D eigenvalue weighted by Crippen LogP contribution is -2.23. The first kappa shape index (κ1) is 33.0. The second-order valence-electron chi connectivity index (χ2n) is 10.2. The summed E-state index contributed by atoms with van der Waals surface area (Å²) in [5.74, 6) is 1.36. The van der Waals surface area contributed by atoms with Crippen LogP contribution in [0.1, 0.15) is 32.6 Å². The zero-order chi connectivity index (χ0) is 34.0. The number of carboxylic acids is 1. The summed E-state index contributed by atoms with van der Waals surface area (Å²) in [6.45, 7) is 1.33. The monoisotopic (exact) mass is 652 g/mol. The van der Waals surface area contributed by atoms with E-state index >= 15 is 0 Å². The van der Waals surface area contributed by atoms with Crippen molar-refractivity contribution in [2.24, 2.45) is 0 Å². The van der Waals surface area contributed by atoms with E-state index in [1.54, 1.807) is 66.7 Å². The van der Waals surface area contributed by atoms with Gasteiger partial charge in [0, 0.05) is 5.56 Å². The molecule has 246 valence electrons. The third-order valence-electron chi connectivity index (χ3n) is 7.13. The number of carboxylic acid groups (broad SMARTS) is 1. The van der Waals surface area contributed by atoms with Crippen LogP contribution in [0.4, 0.5) is 0 Å². The Morgan fingerprint density at radius 1 is 0.667 bits per heavy atom. The Bertz CT molecular complexity index is 1880. The van der Waals surface area contributed by atoms with Crippen LogP contribution in [0, 0.1) is 0 Å². The first-order valence-electron chi connectivity index (χ1n) is 14.7. The first-order chi connectivity index (χ1) is 23.3. The molecule has 1 atom stereocenters. The number of phenols is 2. The number of esters is 1. The minimum atomic E-state index is -0.999. The van der Waals surface area contributed by atoms with Crippen LogP contribution in [-0.2, 0) is 4.74 Å². The molecule has 11 nitrogen and oxygen atoms in total. The molecular formula is C37H32O11. The molecule has 0 amide bonds. The predicted molar refractivity (Wildman–Crippen MR) is 174 cm³/mol. The summed E-state index contributed by atoms with van der Waals surface area (Å²) in [6, 6.07) is 30.7. The number of ether oxygens (including phenoxy) is 6. The molecule has 0 bridgehead atoms. The number of rotatable bonds is 5. The van der Waals surface area contributed by atoms with Gasteiger partial charge in [-0.15, -0.1) is 0 Å².